The van der Waals surface area contributed by atoms with Gasteiger partial charge < -0.3 is 4.90 Å². The fraction of sp³-hybridized carbons (Fsp3) is 0.929. The highest BCUT2D eigenvalue weighted by Crippen LogP contribution is 2.48. The molecule has 2 aliphatic rings. The Morgan fingerprint density at radius 2 is 2.17 bits per heavy atom. The van der Waals surface area contributed by atoms with Crippen LogP contribution in [0.2, 0.25) is 0 Å². The Balaban J connectivity index is 1.97. The maximum atomic E-state index is 12.5. The van der Waals surface area contributed by atoms with Crippen LogP contribution >= 0.6 is 11.8 Å². The fourth-order valence-electron chi connectivity index (χ4n) is 2.77. The predicted octanol–water partition coefficient (Wildman–Crippen LogP) is 2.61. The van der Waals surface area contributed by atoms with Crippen molar-refractivity contribution in [2.24, 2.45) is 0 Å². The molecule has 2 atom stereocenters. The van der Waals surface area contributed by atoms with Crippen LogP contribution in [0.1, 0.15) is 52.4 Å². The van der Waals surface area contributed by atoms with E-state index in [1.165, 1.54) is 12.8 Å². The van der Waals surface area contributed by atoms with Gasteiger partial charge in [-0.05, 0) is 31.9 Å². The lowest BCUT2D eigenvalue weighted by atomic mass is 10.1. The van der Waals surface area contributed by atoms with Crippen molar-refractivity contribution in [1.29, 1.82) is 0 Å². The molecule has 0 bridgehead atoms. The molecule has 0 spiro atoms. The molecule has 2 fully saturated rings. The van der Waals surface area contributed by atoms with Gasteiger partial charge in [0.1, 0.15) is 0 Å². The molecule has 0 aromatic carbocycles. The standard InChI is InChI=1S/C14H26N2OS/c1-4-6-7-11-13(17)16(12(5-2)15-11)10-14(18-3)8-9-14/h11-12,15H,4-10H2,1-3H3. The molecule has 1 N–H and O–H groups in total. The minimum Gasteiger partial charge on any atom is -0.324 e. The lowest BCUT2D eigenvalue weighted by Gasteiger charge is -2.27. The smallest absolute Gasteiger partial charge is 0.241 e. The molecule has 2 unspecified atom stereocenters. The lowest BCUT2D eigenvalue weighted by Crippen LogP contribution is -2.41. The van der Waals surface area contributed by atoms with E-state index in [0.29, 0.717) is 10.7 Å². The molecule has 0 aromatic heterocycles. The van der Waals surface area contributed by atoms with Gasteiger partial charge in [0.15, 0.2) is 0 Å². The van der Waals surface area contributed by atoms with Crippen molar-refractivity contribution in [3.8, 4) is 0 Å². The minimum atomic E-state index is 0.0764. The molecule has 0 aromatic rings. The van der Waals surface area contributed by atoms with Gasteiger partial charge in [0.25, 0.3) is 0 Å². The Kier molecular flexibility index (Phi) is 4.59. The average molecular weight is 270 g/mol. The molecule has 104 valence electrons. The molecule has 0 radical (unpaired) electrons. The third-order valence-corrected chi connectivity index (χ3v) is 5.69. The predicted molar refractivity (Wildman–Crippen MR) is 77.7 cm³/mol. The highest BCUT2D eigenvalue weighted by molar-refractivity contribution is 8.00. The van der Waals surface area contributed by atoms with E-state index in [0.717, 1.165) is 32.2 Å². The molecule has 2 rings (SSSR count). The fourth-order valence-corrected chi connectivity index (χ4v) is 3.54. The van der Waals surface area contributed by atoms with E-state index in [9.17, 15) is 4.79 Å². The van der Waals surface area contributed by atoms with Crippen LogP contribution in [-0.2, 0) is 4.79 Å². The molecular weight excluding hydrogens is 244 g/mol. The zero-order valence-corrected chi connectivity index (χ0v) is 12.7. The van der Waals surface area contributed by atoms with Crippen molar-refractivity contribution >= 4 is 17.7 Å². The van der Waals surface area contributed by atoms with Gasteiger partial charge in [-0.2, -0.15) is 11.8 Å². The summed E-state index contributed by atoms with van der Waals surface area (Å²) in [6.07, 6.45) is 9.30. The first-order valence-electron chi connectivity index (χ1n) is 7.27. The summed E-state index contributed by atoms with van der Waals surface area (Å²) >= 11 is 1.94. The molecule has 4 heteroatoms. The SMILES string of the molecule is CCCCC1NC(CC)N(CC2(SC)CC2)C1=O. The first-order chi connectivity index (χ1) is 8.65. The number of rotatable bonds is 7. The number of nitrogens with one attached hydrogen (secondary N) is 1. The van der Waals surface area contributed by atoms with E-state index in [2.05, 4.69) is 30.3 Å². The van der Waals surface area contributed by atoms with E-state index < -0.39 is 0 Å². The van der Waals surface area contributed by atoms with Crippen molar-refractivity contribution in [2.75, 3.05) is 12.8 Å². The summed E-state index contributed by atoms with van der Waals surface area (Å²) in [7, 11) is 0. The molecule has 1 heterocycles. The van der Waals surface area contributed by atoms with Crippen molar-refractivity contribution < 1.29 is 4.79 Å². The van der Waals surface area contributed by atoms with Crippen molar-refractivity contribution in [2.45, 2.75) is 69.3 Å². The zero-order valence-electron chi connectivity index (χ0n) is 11.9. The summed E-state index contributed by atoms with van der Waals surface area (Å²) in [6.45, 7) is 5.29. The Labute approximate surface area is 115 Å². The molecule has 1 aliphatic carbocycles. The second-order valence-corrected chi connectivity index (χ2v) is 6.91. The van der Waals surface area contributed by atoms with Crippen LogP contribution in [0.5, 0.6) is 0 Å². The number of hydrogen-bond donors (Lipinski definition) is 1. The summed E-state index contributed by atoms with van der Waals surface area (Å²) in [4.78, 5) is 14.6. The molecular formula is C14H26N2OS. The first-order valence-corrected chi connectivity index (χ1v) is 8.50. The van der Waals surface area contributed by atoms with Gasteiger partial charge >= 0.3 is 0 Å². The molecule has 18 heavy (non-hydrogen) atoms. The van der Waals surface area contributed by atoms with Gasteiger partial charge in [-0.25, -0.2) is 0 Å². The number of hydrogen-bond acceptors (Lipinski definition) is 3. The van der Waals surface area contributed by atoms with Crippen molar-refractivity contribution in [3.05, 3.63) is 0 Å². The van der Waals surface area contributed by atoms with E-state index >= 15 is 0 Å². The molecule has 1 amide bonds. The topological polar surface area (TPSA) is 32.3 Å². The number of carbonyl (C=O) groups is 1. The van der Waals surface area contributed by atoms with Crippen LogP contribution in [0, 0.1) is 0 Å². The van der Waals surface area contributed by atoms with Gasteiger partial charge in [-0.15, -0.1) is 0 Å². The average Bonchev–Trinajstić information content (AvgIpc) is 3.10. The number of carbonyl (C=O) groups excluding carboxylic acids is 1. The summed E-state index contributed by atoms with van der Waals surface area (Å²) in [5.74, 6) is 0.343. The largest absolute Gasteiger partial charge is 0.324 e. The quantitative estimate of drug-likeness (QED) is 0.772. The van der Waals surface area contributed by atoms with Gasteiger partial charge in [0.05, 0.1) is 12.2 Å². The zero-order chi connectivity index (χ0) is 13.2. The first kappa shape index (κ1) is 14.2. The summed E-state index contributed by atoms with van der Waals surface area (Å²) in [5, 5.41) is 3.52. The van der Waals surface area contributed by atoms with Crippen molar-refractivity contribution in [1.82, 2.24) is 10.2 Å². The highest BCUT2D eigenvalue weighted by atomic mass is 32.2. The third kappa shape index (κ3) is 2.85. The Morgan fingerprint density at radius 3 is 2.67 bits per heavy atom. The van der Waals surface area contributed by atoms with Gasteiger partial charge in [-0.3, -0.25) is 10.1 Å². The molecule has 1 saturated heterocycles. The Morgan fingerprint density at radius 1 is 1.44 bits per heavy atom. The van der Waals surface area contributed by atoms with Crippen LogP contribution in [0.15, 0.2) is 0 Å². The van der Waals surface area contributed by atoms with Crippen LogP contribution in [0.4, 0.5) is 0 Å². The summed E-state index contributed by atoms with van der Waals surface area (Å²) in [5.41, 5.74) is 0. The normalized spacial score (nSPS) is 29.9. The maximum absolute atomic E-state index is 12.5. The van der Waals surface area contributed by atoms with Gasteiger partial charge in [0.2, 0.25) is 5.91 Å². The van der Waals surface area contributed by atoms with Crippen LogP contribution in [-0.4, -0.2) is 40.6 Å². The second kappa shape index (κ2) is 5.83. The second-order valence-electron chi connectivity index (χ2n) is 5.64. The molecule has 3 nitrogen and oxygen atoms in total. The number of nitrogens with zero attached hydrogens (tertiary/aromatic N) is 1. The van der Waals surface area contributed by atoms with Gasteiger partial charge in [0, 0.05) is 11.3 Å². The van der Waals surface area contributed by atoms with Crippen LogP contribution < -0.4 is 5.32 Å². The maximum Gasteiger partial charge on any atom is 0.241 e. The number of amides is 1. The number of unbranched alkanes of at least 4 members (excludes halogenated alkanes) is 1. The van der Waals surface area contributed by atoms with E-state index in [1.54, 1.807) is 0 Å². The van der Waals surface area contributed by atoms with Crippen LogP contribution in [0.3, 0.4) is 0 Å². The van der Waals surface area contributed by atoms with E-state index in [-0.39, 0.29) is 12.2 Å². The molecule has 1 aliphatic heterocycles. The minimum absolute atomic E-state index is 0.0764. The van der Waals surface area contributed by atoms with E-state index in [1.807, 2.05) is 11.8 Å². The Hall–Kier alpha value is -0.220. The summed E-state index contributed by atoms with van der Waals surface area (Å²) in [6, 6.07) is 0.0764. The van der Waals surface area contributed by atoms with Gasteiger partial charge in [-0.1, -0.05) is 26.7 Å². The third-order valence-electron chi connectivity index (χ3n) is 4.28. The van der Waals surface area contributed by atoms with Crippen LogP contribution in [0.25, 0.3) is 0 Å². The monoisotopic (exact) mass is 270 g/mol. The van der Waals surface area contributed by atoms with Crippen molar-refractivity contribution in [3.63, 3.8) is 0 Å². The number of thioether (sulfide) groups is 1. The molecule has 1 saturated carbocycles. The highest BCUT2D eigenvalue weighted by Gasteiger charge is 2.48. The lowest BCUT2D eigenvalue weighted by molar-refractivity contribution is -0.130. The summed E-state index contributed by atoms with van der Waals surface area (Å²) < 4.78 is 0.379. The Bertz CT molecular complexity index is 304. The van der Waals surface area contributed by atoms with E-state index in [4.69, 9.17) is 0 Å².